The van der Waals surface area contributed by atoms with E-state index in [-0.39, 0.29) is 6.03 Å². The van der Waals surface area contributed by atoms with Gasteiger partial charge >= 0.3 is 12.0 Å². The largest absolute Gasteiger partial charge is 0.480 e. The van der Waals surface area contributed by atoms with Gasteiger partial charge in [-0.2, -0.15) is 0 Å². The highest BCUT2D eigenvalue weighted by Gasteiger charge is 2.33. The molecule has 2 heterocycles. The van der Waals surface area contributed by atoms with E-state index < -0.39 is 12.0 Å². The number of aryl methyl sites for hydroxylation is 1. The average molecular weight is 269 g/mol. The molecule has 1 aromatic heterocycles. The molecule has 0 radical (unpaired) electrons. The fraction of sp³-hybridized carbons (Fsp3) is 0.545. The normalized spacial score (nSPS) is 18.9. The van der Waals surface area contributed by atoms with Crippen LogP contribution in [-0.4, -0.2) is 39.6 Å². The minimum absolute atomic E-state index is 0.326. The van der Waals surface area contributed by atoms with Crippen molar-refractivity contribution < 1.29 is 14.7 Å². The van der Waals surface area contributed by atoms with E-state index in [2.05, 4.69) is 10.3 Å². The molecule has 2 amide bonds. The smallest absolute Gasteiger partial charge is 0.326 e. The molecule has 1 saturated heterocycles. The Labute approximate surface area is 109 Å². The maximum absolute atomic E-state index is 11.9. The first-order valence-electron chi connectivity index (χ1n) is 5.76. The summed E-state index contributed by atoms with van der Waals surface area (Å²) in [6.45, 7) is 2.80. The number of likely N-dealkylation sites (tertiary alicyclic amines) is 1. The number of carbonyl (C=O) groups is 2. The van der Waals surface area contributed by atoms with E-state index in [1.165, 1.54) is 16.2 Å². The highest BCUT2D eigenvalue weighted by molar-refractivity contribution is 7.11. The quantitative estimate of drug-likeness (QED) is 0.864. The zero-order valence-electron chi connectivity index (χ0n) is 10.0. The van der Waals surface area contributed by atoms with E-state index in [0.29, 0.717) is 19.5 Å². The monoisotopic (exact) mass is 269 g/mol. The molecule has 0 saturated carbocycles. The molecule has 7 heteroatoms. The van der Waals surface area contributed by atoms with Gasteiger partial charge in [-0.05, 0) is 19.8 Å². The van der Waals surface area contributed by atoms with E-state index in [4.69, 9.17) is 5.11 Å². The Balaban J connectivity index is 1.89. The fourth-order valence-corrected chi connectivity index (χ4v) is 2.73. The number of nitrogens with one attached hydrogen (secondary N) is 1. The van der Waals surface area contributed by atoms with Crippen molar-refractivity contribution in [3.8, 4) is 0 Å². The summed E-state index contributed by atoms with van der Waals surface area (Å²) < 4.78 is 0. The van der Waals surface area contributed by atoms with Gasteiger partial charge in [-0.1, -0.05) is 0 Å². The van der Waals surface area contributed by atoms with Crippen LogP contribution in [0.5, 0.6) is 0 Å². The van der Waals surface area contributed by atoms with Gasteiger partial charge in [0.05, 0.1) is 6.54 Å². The lowest BCUT2D eigenvalue weighted by molar-refractivity contribution is -0.141. The van der Waals surface area contributed by atoms with Crippen LogP contribution in [0.15, 0.2) is 6.20 Å². The van der Waals surface area contributed by atoms with Crippen LogP contribution < -0.4 is 5.32 Å². The third-order valence-corrected chi connectivity index (χ3v) is 3.77. The summed E-state index contributed by atoms with van der Waals surface area (Å²) in [5.74, 6) is -0.937. The van der Waals surface area contributed by atoms with Crippen molar-refractivity contribution >= 4 is 23.3 Å². The molecule has 2 rings (SSSR count). The molecule has 0 aliphatic carbocycles. The zero-order chi connectivity index (χ0) is 13.1. The summed E-state index contributed by atoms with van der Waals surface area (Å²) in [6.07, 6.45) is 3.02. The average Bonchev–Trinajstić information content (AvgIpc) is 2.94. The summed E-state index contributed by atoms with van der Waals surface area (Å²) in [5, 5.41) is 12.5. The molecule has 2 N–H and O–H groups in total. The molecule has 6 nitrogen and oxygen atoms in total. The number of carbonyl (C=O) groups excluding carboxylic acids is 1. The van der Waals surface area contributed by atoms with Crippen LogP contribution in [-0.2, 0) is 11.3 Å². The summed E-state index contributed by atoms with van der Waals surface area (Å²) in [4.78, 5) is 29.4. The van der Waals surface area contributed by atoms with Gasteiger partial charge in [0.25, 0.3) is 0 Å². The lowest BCUT2D eigenvalue weighted by Gasteiger charge is -2.21. The third kappa shape index (κ3) is 2.79. The first kappa shape index (κ1) is 12.8. The maximum Gasteiger partial charge on any atom is 0.326 e. The van der Waals surface area contributed by atoms with Crippen LogP contribution in [0.1, 0.15) is 22.7 Å². The number of carboxylic acid groups (broad SMARTS) is 1. The molecule has 1 fully saturated rings. The van der Waals surface area contributed by atoms with E-state index in [1.807, 2.05) is 6.92 Å². The Bertz CT molecular complexity index is 460. The number of aliphatic carboxylic acids is 1. The lowest BCUT2D eigenvalue weighted by Crippen LogP contribution is -2.45. The van der Waals surface area contributed by atoms with Crippen LogP contribution in [0.25, 0.3) is 0 Å². The number of amides is 2. The molecular formula is C11H15N3O3S. The van der Waals surface area contributed by atoms with Gasteiger partial charge in [0.2, 0.25) is 0 Å². The second-order valence-corrected chi connectivity index (χ2v) is 5.53. The maximum atomic E-state index is 11.9. The van der Waals surface area contributed by atoms with Crippen molar-refractivity contribution in [2.45, 2.75) is 32.4 Å². The molecular weight excluding hydrogens is 254 g/mol. The van der Waals surface area contributed by atoms with Crippen LogP contribution in [0, 0.1) is 6.92 Å². The Morgan fingerprint density at radius 1 is 1.67 bits per heavy atom. The van der Waals surface area contributed by atoms with E-state index in [1.54, 1.807) is 6.20 Å². The Kier molecular flexibility index (Phi) is 3.81. The molecule has 0 aromatic carbocycles. The summed E-state index contributed by atoms with van der Waals surface area (Å²) in [5.41, 5.74) is 0. The second-order valence-electron chi connectivity index (χ2n) is 4.21. The summed E-state index contributed by atoms with van der Waals surface area (Å²) in [6, 6.07) is -1.02. The standard InChI is InChI=1S/C11H15N3O3S/c1-7-5-12-9(18-7)6-13-11(17)14-4-2-3-8(14)10(15)16/h5,8H,2-4,6H2,1H3,(H,13,17)(H,15,16). The Morgan fingerprint density at radius 3 is 3.06 bits per heavy atom. The Morgan fingerprint density at radius 2 is 2.44 bits per heavy atom. The summed E-state index contributed by atoms with van der Waals surface area (Å²) >= 11 is 1.52. The zero-order valence-corrected chi connectivity index (χ0v) is 10.9. The van der Waals surface area contributed by atoms with Crippen LogP contribution in [0.2, 0.25) is 0 Å². The molecule has 18 heavy (non-hydrogen) atoms. The first-order chi connectivity index (χ1) is 8.58. The number of urea groups is 1. The number of aromatic nitrogens is 1. The highest BCUT2D eigenvalue weighted by atomic mass is 32.1. The van der Waals surface area contributed by atoms with Crippen LogP contribution in [0.3, 0.4) is 0 Å². The second kappa shape index (κ2) is 5.34. The van der Waals surface area contributed by atoms with Crippen LogP contribution >= 0.6 is 11.3 Å². The molecule has 1 aliphatic heterocycles. The van der Waals surface area contributed by atoms with E-state index in [0.717, 1.165) is 16.3 Å². The minimum atomic E-state index is -0.937. The molecule has 1 unspecified atom stereocenters. The number of hydrogen-bond acceptors (Lipinski definition) is 4. The Hall–Kier alpha value is -1.63. The third-order valence-electron chi connectivity index (χ3n) is 2.86. The fourth-order valence-electron chi connectivity index (χ4n) is 2.00. The van der Waals surface area contributed by atoms with Crippen molar-refractivity contribution in [2.24, 2.45) is 0 Å². The van der Waals surface area contributed by atoms with Crippen molar-refractivity contribution in [1.82, 2.24) is 15.2 Å². The van der Waals surface area contributed by atoms with Crippen molar-refractivity contribution in [3.05, 3.63) is 16.1 Å². The summed E-state index contributed by atoms with van der Waals surface area (Å²) in [7, 11) is 0. The number of thiazole rings is 1. The minimum Gasteiger partial charge on any atom is -0.480 e. The molecule has 98 valence electrons. The topological polar surface area (TPSA) is 82.5 Å². The first-order valence-corrected chi connectivity index (χ1v) is 6.58. The molecule has 0 bridgehead atoms. The predicted molar refractivity (Wildman–Crippen MR) is 66.5 cm³/mol. The van der Waals surface area contributed by atoms with E-state index in [9.17, 15) is 9.59 Å². The van der Waals surface area contributed by atoms with Crippen molar-refractivity contribution in [1.29, 1.82) is 0 Å². The van der Waals surface area contributed by atoms with Gasteiger partial charge in [0.15, 0.2) is 0 Å². The van der Waals surface area contributed by atoms with Gasteiger partial charge in [0.1, 0.15) is 11.0 Å². The number of nitrogens with zero attached hydrogens (tertiary/aromatic N) is 2. The number of rotatable bonds is 3. The van der Waals surface area contributed by atoms with Gasteiger partial charge in [-0.15, -0.1) is 11.3 Å². The van der Waals surface area contributed by atoms with Gasteiger partial charge in [-0.25, -0.2) is 14.6 Å². The number of carboxylic acids is 1. The van der Waals surface area contributed by atoms with Gasteiger partial charge in [0, 0.05) is 17.6 Å². The van der Waals surface area contributed by atoms with Gasteiger partial charge < -0.3 is 15.3 Å². The molecule has 1 aromatic rings. The number of hydrogen-bond donors (Lipinski definition) is 2. The predicted octanol–water partition coefficient (Wildman–Crippen LogP) is 1.21. The molecule has 1 aliphatic rings. The van der Waals surface area contributed by atoms with Crippen molar-refractivity contribution in [3.63, 3.8) is 0 Å². The molecule has 0 spiro atoms. The van der Waals surface area contributed by atoms with E-state index >= 15 is 0 Å². The molecule has 1 atom stereocenters. The van der Waals surface area contributed by atoms with Gasteiger partial charge in [-0.3, -0.25) is 0 Å². The lowest BCUT2D eigenvalue weighted by atomic mass is 10.2. The highest BCUT2D eigenvalue weighted by Crippen LogP contribution is 2.17. The van der Waals surface area contributed by atoms with Crippen molar-refractivity contribution in [2.75, 3.05) is 6.54 Å². The SMILES string of the molecule is Cc1cnc(CNC(=O)N2CCCC2C(=O)O)s1. The van der Waals surface area contributed by atoms with Crippen LogP contribution in [0.4, 0.5) is 4.79 Å².